The highest BCUT2D eigenvalue weighted by Gasteiger charge is 2.22. The first-order valence-electron chi connectivity index (χ1n) is 8.87. The Hall–Kier alpha value is -2.73. The highest BCUT2D eigenvalue weighted by Crippen LogP contribution is 2.40. The standard InChI is InChI=1S/C20H18N4OS/c1-6-15-16(7-1)26-20-17(15)19(22-10-8-14-5-3-11-25-14)23-18(24-20)13-4-2-9-21-12-13/h2-5,9,11-12H,1,6-8,10H2,(H,22,23,24). The summed E-state index contributed by atoms with van der Waals surface area (Å²) in [6.07, 6.45) is 9.63. The molecule has 6 heteroatoms. The number of rotatable bonds is 5. The van der Waals surface area contributed by atoms with Crippen molar-refractivity contribution in [2.75, 3.05) is 11.9 Å². The van der Waals surface area contributed by atoms with Gasteiger partial charge in [-0.3, -0.25) is 4.98 Å². The Morgan fingerprint density at radius 1 is 1.15 bits per heavy atom. The fourth-order valence-corrected chi connectivity index (χ4v) is 4.77. The minimum absolute atomic E-state index is 0.728. The molecule has 0 aromatic carbocycles. The van der Waals surface area contributed by atoms with Crippen molar-refractivity contribution in [3.8, 4) is 11.4 Å². The molecule has 4 heterocycles. The van der Waals surface area contributed by atoms with E-state index in [2.05, 4.69) is 10.3 Å². The van der Waals surface area contributed by atoms with Crippen LogP contribution in [0.15, 0.2) is 47.3 Å². The Morgan fingerprint density at radius 3 is 3.00 bits per heavy atom. The number of aryl methyl sites for hydroxylation is 2. The van der Waals surface area contributed by atoms with Crippen LogP contribution in [0.4, 0.5) is 5.82 Å². The van der Waals surface area contributed by atoms with Gasteiger partial charge in [0.15, 0.2) is 5.82 Å². The lowest BCUT2D eigenvalue weighted by atomic mass is 10.1. The molecule has 0 unspecified atom stereocenters. The van der Waals surface area contributed by atoms with E-state index >= 15 is 0 Å². The van der Waals surface area contributed by atoms with Crippen molar-refractivity contribution >= 4 is 27.4 Å². The Bertz CT molecular complexity index is 1040. The van der Waals surface area contributed by atoms with Crippen LogP contribution in [-0.4, -0.2) is 21.5 Å². The maximum absolute atomic E-state index is 5.43. The first kappa shape index (κ1) is 15.5. The maximum atomic E-state index is 5.43. The molecule has 0 bridgehead atoms. The molecule has 1 N–H and O–H groups in total. The largest absolute Gasteiger partial charge is 0.469 e. The highest BCUT2D eigenvalue weighted by molar-refractivity contribution is 7.19. The van der Waals surface area contributed by atoms with E-state index in [1.807, 2.05) is 41.8 Å². The van der Waals surface area contributed by atoms with Gasteiger partial charge in [-0.25, -0.2) is 9.97 Å². The fraction of sp³-hybridized carbons (Fsp3) is 0.250. The molecule has 0 fully saturated rings. The lowest BCUT2D eigenvalue weighted by molar-refractivity contribution is 0.513. The van der Waals surface area contributed by atoms with Crippen LogP contribution in [0.5, 0.6) is 0 Å². The smallest absolute Gasteiger partial charge is 0.164 e. The van der Waals surface area contributed by atoms with E-state index in [4.69, 9.17) is 14.4 Å². The van der Waals surface area contributed by atoms with Crippen LogP contribution in [0.3, 0.4) is 0 Å². The van der Waals surface area contributed by atoms with Gasteiger partial charge in [-0.1, -0.05) is 0 Å². The Kier molecular flexibility index (Phi) is 3.90. The lowest BCUT2D eigenvalue weighted by Gasteiger charge is -2.09. The van der Waals surface area contributed by atoms with Crippen LogP contribution >= 0.6 is 11.3 Å². The number of nitrogens with zero attached hydrogens (tertiary/aromatic N) is 3. The summed E-state index contributed by atoms with van der Waals surface area (Å²) in [7, 11) is 0. The van der Waals surface area contributed by atoms with Crippen LogP contribution in [0.1, 0.15) is 22.6 Å². The van der Waals surface area contributed by atoms with Crippen molar-refractivity contribution in [3.05, 3.63) is 59.1 Å². The normalized spacial score (nSPS) is 13.2. The predicted octanol–water partition coefficient (Wildman–Crippen LogP) is 4.49. The maximum Gasteiger partial charge on any atom is 0.164 e. The summed E-state index contributed by atoms with van der Waals surface area (Å²) in [6, 6.07) is 7.84. The third-order valence-corrected chi connectivity index (χ3v) is 5.91. The van der Waals surface area contributed by atoms with Crippen LogP contribution < -0.4 is 5.32 Å². The number of anilines is 1. The average Bonchev–Trinajstić information content (AvgIpc) is 3.39. The molecule has 130 valence electrons. The predicted molar refractivity (Wildman–Crippen MR) is 104 cm³/mol. The van der Waals surface area contributed by atoms with Gasteiger partial charge in [-0.05, 0) is 49.1 Å². The van der Waals surface area contributed by atoms with E-state index in [-0.39, 0.29) is 0 Å². The number of nitrogens with one attached hydrogen (secondary N) is 1. The first-order valence-corrected chi connectivity index (χ1v) is 9.69. The van der Waals surface area contributed by atoms with Crippen molar-refractivity contribution in [1.29, 1.82) is 0 Å². The molecule has 5 nitrogen and oxygen atoms in total. The van der Waals surface area contributed by atoms with Crippen molar-refractivity contribution < 1.29 is 4.42 Å². The molecule has 26 heavy (non-hydrogen) atoms. The second kappa shape index (κ2) is 6.53. The molecular weight excluding hydrogens is 344 g/mol. The molecule has 4 aromatic heterocycles. The SMILES string of the molecule is c1cncc(-c2nc(NCCc3ccco3)c3c4c(sc3n2)CCC4)c1. The van der Waals surface area contributed by atoms with E-state index in [0.717, 1.165) is 53.6 Å². The number of pyridine rings is 1. The molecule has 0 atom stereocenters. The van der Waals surface area contributed by atoms with Gasteiger partial charge in [0.2, 0.25) is 0 Å². The van der Waals surface area contributed by atoms with Crippen molar-refractivity contribution in [3.63, 3.8) is 0 Å². The summed E-state index contributed by atoms with van der Waals surface area (Å²) in [5.41, 5.74) is 2.38. The zero-order chi connectivity index (χ0) is 17.3. The van der Waals surface area contributed by atoms with Gasteiger partial charge in [0.25, 0.3) is 0 Å². The molecule has 0 saturated carbocycles. The van der Waals surface area contributed by atoms with Crippen LogP contribution in [0.2, 0.25) is 0 Å². The summed E-state index contributed by atoms with van der Waals surface area (Å²) in [4.78, 5) is 16.4. The topological polar surface area (TPSA) is 63.8 Å². The van der Waals surface area contributed by atoms with Crippen molar-refractivity contribution in [1.82, 2.24) is 15.0 Å². The minimum Gasteiger partial charge on any atom is -0.469 e. The van der Waals surface area contributed by atoms with E-state index in [1.165, 1.54) is 22.2 Å². The second-order valence-corrected chi connectivity index (χ2v) is 7.51. The molecule has 0 radical (unpaired) electrons. The number of hydrogen-bond donors (Lipinski definition) is 1. The van der Waals surface area contributed by atoms with Crippen LogP contribution in [0, 0.1) is 0 Å². The van der Waals surface area contributed by atoms with E-state index < -0.39 is 0 Å². The monoisotopic (exact) mass is 362 g/mol. The van der Waals surface area contributed by atoms with Crippen molar-refractivity contribution in [2.45, 2.75) is 25.7 Å². The summed E-state index contributed by atoms with van der Waals surface area (Å²) < 4.78 is 5.43. The van der Waals surface area contributed by atoms with Gasteiger partial charge < -0.3 is 9.73 Å². The number of aromatic nitrogens is 3. The molecule has 5 rings (SSSR count). The van der Waals surface area contributed by atoms with Gasteiger partial charge in [0, 0.05) is 35.8 Å². The van der Waals surface area contributed by atoms with Gasteiger partial charge >= 0.3 is 0 Å². The zero-order valence-corrected chi connectivity index (χ0v) is 15.1. The molecule has 0 amide bonds. The zero-order valence-electron chi connectivity index (χ0n) is 14.2. The third-order valence-electron chi connectivity index (χ3n) is 4.73. The van der Waals surface area contributed by atoms with E-state index in [1.54, 1.807) is 12.5 Å². The quantitative estimate of drug-likeness (QED) is 0.567. The number of fused-ring (bicyclic) bond motifs is 3. The lowest BCUT2D eigenvalue weighted by Crippen LogP contribution is -2.08. The van der Waals surface area contributed by atoms with Gasteiger partial charge in [-0.15, -0.1) is 11.3 Å². The molecular formula is C20H18N4OS. The molecule has 1 aliphatic carbocycles. The van der Waals surface area contributed by atoms with E-state index in [0.29, 0.717) is 0 Å². The third kappa shape index (κ3) is 2.76. The summed E-state index contributed by atoms with van der Waals surface area (Å²) in [5.74, 6) is 2.64. The number of furan rings is 1. The second-order valence-electron chi connectivity index (χ2n) is 6.43. The number of hydrogen-bond acceptors (Lipinski definition) is 6. The summed E-state index contributed by atoms with van der Waals surface area (Å²) in [6.45, 7) is 0.775. The van der Waals surface area contributed by atoms with E-state index in [9.17, 15) is 0 Å². The molecule has 0 saturated heterocycles. The average molecular weight is 362 g/mol. The Morgan fingerprint density at radius 2 is 2.15 bits per heavy atom. The molecule has 0 spiro atoms. The van der Waals surface area contributed by atoms with Crippen molar-refractivity contribution in [2.24, 2.45) is 0 Å². The van der Waals surface area contributed by atoms with Crippen LogP contribution in [0.25, 0.3) is 21.6 Å². The molecule has 4 aromatic rings. The van der Waals surface area contributed by atoms with Gasteiger partial charge in [-0.2, -0.15) is 0 Å². The minimum atomic E-state index is 0.728. The highest BCUT2D eigenvalue weighted by atomic mass is 32.1. The first-order chi connectivity index (χ1) is 12.9. The summed E-state index contributed by atoms with van der Waals surface area (Å²) >= 11 is 1.81. The van der Waals surface area contributed by atoms with Crippen LogP contribution in [-0.2, 0) is 19.3 Å². The molecule has 1 aliphatic rings. The Labute approximate surface area is 155 Å². The fourth-order valence-electron chi connectivity index (χ4n) is 3.51. The number of thiophene rings is 1. The molecule has 0 aliphatic heterocycles. The van der Waals surface area contributed by atoms with Gasteiger partial charge in [0.05, 0.1) is 11.6 Å². The Balaban J connectivity index is 1.54. The van der Waals surface area contributed by atoms with Gasteiger partial charge in [0.1, 0.15) is 16.4 Å². The summed E-state index contributed by atoms with van der Waals surface area (Å²) in [5, 5.41) is 4.73.